The molecule has 0 saturated heterocycles. The number of halogens is 1. The molecule has 174 valence electrons. The van der Waals surface area contributed by atoms with Gasteiger partial charge in [-0.2, -0.15) is 0 Å². The van der Waals surface area contributed by atoms with Gasteiger partial charge in [-0.25, -0.2) is 17.5 Å². The van der Waals surface area contributed by atoms with Gasteiger partial charge in [0.05, 0.1) is 12.0 Å². The van der Waals surface area contributed by atoms with Crippen LogP contribution in [-0.2, 0) is 24.3 Å². The number of benzene rings is 3. The van der Waals surface area contributed by atoms with E-state index < -0.39 is 28.4 Å². The van der Waals surface area contributed by atoms with E-state index in [1.165, 1.54) is 13.2 Å². The predicted molar refractivity (Wildman–Crippen MR) is 130 cm³/mol. The summed E-state index contributed by atoms with van der Waals surface area (Å²) in [6.45, 7) is 1.15. The number of nitrogens with one attached hydrogen (secondary N) is 1. The van der Waals surface area contributed by atoms with Crippen LogP contribution in [0.3, 0.4) is 0 Å². The third-order valence-electron chi connectivity index (χ3n) is 5.41. The molecule has 4 rings (SSSR count). The number of ether oxygens (including phenoxy) is 1. The van der Waals surface area contributed by atoms with E-state index >= 15 is 0 Å². The van der Waals surface area contributed by atoms with Gasteiger partial charge in [0.15, 0.2) is 0 Å². The minimum atomic E-state index is -4.25. The number of amides is 1. The van der Waals surface area contributed by atoms with Gasteiger partial charge in [-0.05, 0) is 36.2 Å². The molecule has 9 heteroatoms. The highest BCUT2D eigenvalue weighted by Crippen LogP contribution is 2.40. The van der Waals surface area contributed by atoms with Crippen molar-refractivity contribution in [3.63, 3.8) is 0 Å². The summed E-state index contributed by atoms with van der Waals surface area (Å²) >= 11 is 6.04. The number of aryl methyl sites for hydroxylation is 1. The number of sulfonamides is 1. The van der Waals surface area contributed by atoms with Gasteiger partial charge in [0.25, 0.3) is 10.0 Å². The number of carbonyl (C=O) groups excluding carboxylic acids is 2. The molecule has 1 aliphatic heterocycles. The van der Waals surface area contributed by atoms with Crippen molar-refractivity contribution >= 4 is 44.8 Å². The summed E-state index contributed by atoms with van der Waals surface area (Å²) in [4.78, 5) is 26.0. The molecule has 3 aromatic rings. The number of esters is 1. The summed E-state index contributed by atoms with van der Waals surface area (Å²) in [5.41, 5.74) is 2.30. The Kier molecular flexibility index (Phi) is 6.45. The maximum absolute atomic E-state index is 13.6. The first-order chi connectivity index (χ1) is 16.2. The van der Waals surface area contributed by atoms with Crippen molar-refractivity contribution in [2.45, 2.75) is 11.8 Å². The van der Waals surface area contributed by atoms with E-state index in [1.807, 2.05) is 6.07 Å². The molecule has 1 aliphatic rings. The van der Waals surface area contributed by atoms with Crippen LogP contribution in [0.4, 0.5) is 5.69 Å². The number of hydrogen-bond acceptors (Lipinski definition) is 5. The first-order valence-electron chi connectivity index (χ1n) is 10.3. The van der Waals surface area contributed by atoms with Gasteiger partial charge in [-0.1, -0.05) is 66.2 Å². The number of hydrogen-bond donors (Lipinski definition) is 1. The minimum Gasteiger partial charge on any atom is -0.464 e. The Hall–Kier alpha value is -3.62. The number of fused-ring (bicyclic) bond motifs is 1. The molecule has 0 saturated carbocycles. The molecule has 34 heavy (non-hydrogen) atoms. The smallest absolute Gasteiger partial charge is 0.356 e. The molecule has 0 bridgehead atoms. The Balaban J connectivity index is 1.87. The van der Waals surface area contributed by atoms with Crippen molar-refractivity contribution in [3.8, 4) is 0 Å². The molecule has 1 amide bonds. The molecule has 3 aromatic carbocycles. The van der Waals surface area contributed by atoms with Crippen LogP contribution in [0.25, 0.3) is 5.57 Å². The maximum atomic E-state index is 13.6. The average Bonchev–Trinajstić information content (AvgIpc) is 2.83. The molecule has 0 unspecified atom stereocenters. The molecular formula is C25H21ClN2O5S. The molecule has 0 aliphatic carbocycles. The van der Waals surface area contributed by atoms with E-state index in [0.29, 0.717) is 27.4 Å². The molecule has 0 spiro atoms. The molecule has 7 nitrogen and oxygen atoms in total. The molecule has 0 atom stereocenters. The Morgan fingerprint density at radius 2 is 1.68 bits per heavy atom. The van der Waals surface area contributed by atoms with Crippen molar-refractivity contribution in [2.24, 2.45) is 0 Å². The van der Waals surface area contributed by atoms with Crippen molar-refractivity contribution in [2.75, 3.05) is 19.0 Å². The quantitative estimate of drug-likeness (QED) is 0.534. The molecule has 0 radical (unpaired) electrons. The fraction of sp³-hybridized carbons (Fsp3) is 0.120. The summed E-state index contributed by atoms with van der Waals surface area (Å²) in [7, 11) is -3.08. The molecule has 1 N–H and O–H groups in total. The largest absolute Gasteiger partial charge is 0.464 e. The lowest BCUT2D eigenvalue weighted by Gasteiger charge is -2.32. The Morgan fingerprint density at radius 1 is 1.00 bits per heavy atom. The zero-order valence-electron chi connectivity index (χ0n) is 18.4. The SMILES string of the molecule is COC(=O)C1=C(c2ccccc2)c2ccccc2S(=O)(=O)N1CC(=O)Nc1cc(Cl)ccc1C. The van der Waals surface area contributed by atoms with Gasteiger partial charge in [0, 0.05) is 21.8 Å². The zero-order valence-corrected chi connectivity index (χ0v) is 20.0. The topological polar surface area (TPSA) is 92.8 Å². The van der Waals surface area contributed by atoms with Crippen LogP contribution < -0.4 is 5.32 Å². The third kappa shape index (κ3) is 4.30. The fourth-order valence-electron chi connectivity index (χ4n) is 3.80. The van der Waals surface area contributed by atoms with Crippen molar-refractivity contribution < 1.29 is 22.7 Å². The number of nitrogens with zero attached hydrogens (tertiary/aromatic N) is 1. The van der Waals surface area contributed by atoms with Crippen LogP contribution in [-0.4, -0.2) is 38.3 Å². The van der Waals surface area contributed by atoms with E-state index in [-0.39, 0.29) is 10.6 Å². The maximum Gasteiger partial charge on any atom is 0.356 e. The van der Waals surface area contributed by atoms with Crippen molar-refractivity contribution in [3.05, 3.63) is 100 Å². The Bertz CT molecular complexity index is 1420. The highest BCUT2D eigenvalue weighted by molar-refractivity contribution is 7.89. The lowest BCUT2D eigenvalue weighted by atomic mass is 9.95. The average molecular weight is 497 g/mol. The van der Waals surface area contributed by atoms with Crippen LogP contribution in [0, 0.1) is 6.92 Å². The number of methoxy groups -OCH3 is 1. The van der Waals surface area contributed by atoms with Gasteiger partial charge in [0.1, 0.15) is 12.2 Å². The van der Waals surface area contributed by atoms with Crippen LogP contribution >= 0.6 is 11.6 Å². The summed E-state index contributed by atoms with van der Waals surface area (Å²) < 4.78 is 33.0. The minimum absolute atomic E-state index is 0.00626. The molecule has 0 aromatic heterocycles. The van der Waals surface area contributed by atoms with Crippen molar-refractivity contribution in [1.82, 2.24) is 4.31 Å². The second kappa shape index (κ2) is 9.32. The highest BCUT2D eigenvalue weighted by atomic mass is 35.5. The first-order valence-corrected chi connectivity index (χ1v) is 12.1. The van der Waals surface area contributed by atoms with E-state index in [1.54, 1.807) is 67.6 Å². The van der Waals surface area contributed by atoms with Crippen molar-refractivity contribution in [1.29, 1.82) is 0 Å². The van der Waals surface area contributed by atoms with E-state index in [4.69, 9.17) is 16.3 Å². The van der Waals surface area contributed by atoms with Gasteiger partial charge in [-0.15, -0.1) is 0 Å². The van der Waals surface area contributed by atoms with Crippen LogP contribution in [0.1, 0.15) is 16.7 Å². The summed E-state index contributed by atoms with van der Waals surface area (Å²) in [6.07, 6.45) is 0. The zero-order chi connectivity index (χ0) is 24.5. The van der Waals surface area contributed by atoms with Gasteiger partial charge >= 0.3 is 5.97 Å². The molecule has 1 heterocycles. The standard InChI is InChI=1S/C25H21ClN2O5S/c1-16-12-13-18(26)14-20(16)27-22(29)15-28-24(25(30)33-2)23(17-8-4-3-5-9-17)19-10-6-7-11-21(19)34(28,31)32/h3-14H,15H2,1-2H3,(H,27,29). The van der Waals surface area contributed by atoms with E-state index in [9.17, 15) is 18.0 Å². The second-order valence-corrected chi connectivity index (χ2v) is 9.86. The monoisotopic (exact) mass is 496 g/mol. The van der Waals surface area contributed by atoms with Gasteiger partial charge in [0.2, 0.25) is 5.91 Å². The van der Waals surface area contributed by atoms with Crippen LogP contribution in [0.15, 0.2) is 83.4 Å². The Morgan fingerprint density at radius 3 is 2.38 bits per heavy atom. The highest BCUT2D eigenvalue weighted by Gasteiger charge is 2.41. The fourth-order valence-corrected chi connectivity index (χ4v) is 5.60. The first kappa shape index (κ1) is 23.5. The number of anilines is 1. The summed E-state index contributed by atoms with van der Waals surface area (Å²) in [5, 5.41) is 3.11. The molecular weight excluding hydrogens is 476 g/mol. The van der Waals surface area contributed by atoms with E-state index in [0.717, 1.165) is 9.87 Å². The summed E-state index contributed by atoms with van der Waals surface area (Å²) in [5.74, 6) is -1.51. The Labute approximate surface area is 202 Å². The van der Waals surface area contributed by atoms with Crippen LogP contribution in [0.5, 0.6) is 0 Å². The van der Waals surface area contributed by atoms with Crippen LogP contribution in [0.2, 0.25) is 5.02 Å². The summed E-state index contributed by atoms with van der Waals surface area (Å²) in [6, 6.07) is 20.3. The molecule has 0 fully saturated rings. The second-order valence-electron chi connectivity index (χ2n) is 7.60. The third-order valence-corrected chi connectivity index (χ3v) is 7.45. The lowest BCUT2D eigenvalue weighted by molar-refractivity contribution is -0.137. The van der Waals surface area contributed by atoms with Gasteiger partial charge in [-0.3, -0.25) is 4.79 Å². The lowest BCUT2D eigenvalue weighted by Crippen LogP contribution is -2.43. The normalized spacial score (nSPS) is 14.4. The predicted octanol–water partition coefficient (Wildman–Crippen LogP) is 4.22. The number of rotatable bonds is 5. The van der Waals surface area contributed by atoms with Gasteiger partial charge < -0.3 is 10.1 Å². The number of carbonyl (C=O) groups is 2. The van der Waals surface area contributed by atoms with E-state index in [2.05, 4.69) is 5.32 Å².